The number of piperidine rings is 1. The van der Waals surface area contributed by atoms with Gasteiger partial charge in [-0.2, -0.15) is 0 Å². The lowest BCUT2D eigenvalue weighted by Crippen LogP contribution is -2.50. The molecule has 1 aromatic heterocycles. The van der Waals surface area contributed by atoms with Crippen molar-refractivity contribution in [3.63, 3.8) is 0 Å². The molecule has 5 rings (SSSR count). The molecule has 2 unspecified atom stereocenters. The van der Waals surface area contributed by atoms with Crippen LogP contribution in [0.3, 0.4) is 0 Å². The minimum absolute atomic E-state index is 0.0525. The third kappa shape index (κ3) is 4.98. The molecule has 3 aliphatic rings. The number of ketones is 1. The van der Waals surface area contributed by atoms with Crippen molar-refractivity contribution in [1.29, 1.82) is 0 Å². The second-order valence-corrected chi connectivity index (χ2v) is 11.0. The SMILES string of the molecule is CCCNc1cc(C(=O)NC2CC3CCC(C2)N3c2ccc(C(=O)C3CC3)cn2)c(Br)cc1C(N)=O. The van der Waals surface area contributed by atoms with E-state index in [9.17, 15) is 14.4 Å². The van der Waals surface area contributed by atoms with Crippen molar-refractivity contribution in [3.05, 3.63) is 51.6 Å². The Hall–Kier alpha value is -2.94. The summed E-state index contributed by atoms with van der Waals surface area (Å²) >= 11 is 3.45. The molecule has 1 aromatic carbocycles. The van der Waals surface area contributed by atoms with E-state index in [4.69, 9.17) is 5.73 Å². The monoisotopic (exact) mass is 553 g/mol. The Balaban J connectivity index is 1.26. The molecular formula is C27H32BrN5O3. The van der Waals surface area contributed by atoms with E-state index >= 15 is 0 Å². The summed E-state index contributed by atoms with van der Waals surface area (Å²) in [6.07, 6.45) is 8.38. The number of carbonyl (C=O) groups excluding carboxylic acids is 3. The maximum atomic E-state index is 13.2. The second-order valence-electron chi connectivity index (χ2n) is 10.1. The van der Waals surface area contributed by atoms with Gasteiger partial charge >= 0.3 is 0 Å². The number of aromatic nitrogens is 1. The fourth-order valence-electron chi connectivity index (χ4n) is 5.55. The summed E-state index contributed by atoms with van der Waals surface area (Å²) in [7, 11) is 0. The molecule has 3 fully saturated rings. The Morgan fingerprint density at radius 1 is 1.08 bits per heavy atom. The Morgan fingerprint density at radius 2 is 1.81 bits per heavy atom. The van der Waals surface area contributed by atoms with Gasteiger partial charge in [-0.15, -0.1) is 0 Å². The number of nitrogens with two attached hydrogens (primary N) is 1. The van der Waals surface area contributed by atoms with Gasteiger partial charge in [-0.05, 0) is 85.1 Å². The first kappa shape index (κ1) is 24.7. The van der Waals surface area contributed by atoms with Crippen molar-refractivity contribution in [1.82, 2.24) is 10.3 Å². The Bertz CT molecular complexity index is 1170. The summed E-state index contributed by atoms with van der Waals surface area (Å²) in [5.74, 6) is 0.608. The number of nitrogens with one attached hydrogen (secondary N) is 2. The number of amides is 2. The predicted octanol–water partition coefficient (Wildman–Crippen LogP) is 4.29. The number of fused-ring (bicyclic) bond motifs is 2. The zero-order chi connectivity index (χ0) is 25.4. The lowest BCUT2D eigenvalue weighted by atomic mass is 9.96. The van der Waals surface area contributed by atoms with E-state index < -0.39 is 5.91 Å². The molecule has 1 saturated carbocycles. The van der Waals surface area contributed by atoms with Crippen LogP contribution in [0.4, 0.5) is 11.5 Å². The molecule has 2 atom stereocenters. The smallest absolute Gasteiger partial charge is 0.252 e. The van der Waals surface area contributed by atoms with Gasteiger partial charge in [-0.25, -0.2) is 4.98 Å². The topological polar surface area (TPSA) is 117 Å². The van der Waals surface area contributed by atoms with Gasteiger partial charge < -0.3 is 21.3 Å². The van der Waals surface area contributed by atoms with E-state index in [0.717, 1.165) is 50.8 Å². The van der Waals surface area contributed by atoms with Crippen LogP contribution in [0.15, 0.2) is 34.9 Å². The van der Waals surface area contributed by atoms with E-state index in [-0.39, 0.29) is 23.7 Å². The number of hydrogen-bond donors (Lipinski definition) is 3. The molecule has 2 bridgehead atoms. The molecule has 2 saturated heterocycles. The molecule has 3 heterocycles. The summed E-state index contributed by atoms with van der Waals surface area (Å²) in [4.78, 5) is 44.5. The number of rotatable bonds is 9. The molecule has 2 aromatic rings. The number of halogens is 1. The van der Waals surface area contributed by atoms with Crippen LogP contribution in [0, 0.1) is 5.92 Å². The lowest BCUT2D eigenvalue weighted by Gasteiger charge is -2.40. The number of pyridine rings is 1. The van der Waals surface area contributed by atoms with Gasteiger partial charge in [0.2, 0.25) is 0 Å². The number of carbonyl (C=O) groups is 3. The van der Waals surface area contributed by atoms with Crippen LogP contribution in [0.1, 0.15) is 82.9 Å². The Labute approximate surface area is 219 Å². The van der Waals surface area contributed by atoms with Gasteiger partial charge in [0.05, 0.1) is 11.1 Å². The number of primary amides is 1. The lowest BCUT2D eigenvalue weighted by molar-refractivity contribution is 0.0923. The van der Waals surface area contributed by atoms with Crippen LogP contribution in [0.25, 0.3) is 0 Å². The highest BCUT2D eigenvalue weighted by molar-refractivity contribution is 9.10. The Morgan fingerprint density at radius 3 is 2.39 bits per heavy atom. The largest absolute Gasteiger partial charge is 0.384 e. The van der Waals surface area contributed by atoms with Gasteiger partial charge in [-0.1, -0.05) is 6.92 Å². The van der Waals surface area contributed by atoms with Crippen molar-refractivity contribution in [3.8, 4) is 0 Å². The Kier molecular flexibility index (Phi) is 7.01. The highest BCUT2D eigenvalue weighted by Crippen LogP contribution is 2.39. The fourth-order valence-corrected chi connectivity index (χ4v) is 6.08. The van der Waals surface area contributed by atoms with Crippen molar-refractivity contribution in [2.24, 2.45) is 11.7 Å². The molecule has 4 N–H and O–H groups in total. The molecule has 36 heavy (non-hydrogen) atoms. The molecule has 2 aliphatic heterocycles. The van der Waals surface area contributed by atoms with Crippen LogP contribution in [0.2, 0.25) is 0 Å². The van der Waals surface area contributed by atoms with Crippen LogP contribution in [-0.4, -0.2) is 47.3 Å². The van der Waals surface area contributed by atoms with Gasteiger partial charge in [0.15, 0.2) is 5.78 Å². The molecule has 0 radical (unpaired) electrons. The summed E-state index contributed by atoms with van der Waals surface area (Å²) in [6, 6.07) is 7.85. The first-order chi connectivity index (χ1) is 17.4. The normalized spacial score (nSPS) is 22.8. The van der Waals surface area contributed by atoms with E-state index in [2.05, 4.69) is 36.4 Å². The van der Waals surface area contributed by atoms with Gasteiger partial charge in [-0.3, -0.25) is 14.4 Å². The number of nitrogens with zero attached hydrogens (tertiary/aromatic N) is 2. The first-order valence-corrected chi connectivity index (χ1v) is 13.6. The summed E-state index contributed by atoms with van der Waals surface area (Å²) < 4.78 is 0.543. The summed E-state index contributed by atoms with van der Waals surface area (Å²) in [6.45, 7) is 2.70. The highest BCUT2D eigenvalue weighted by Gasteiger charge is 2.42. The van der Waals surface area contributed by atoms with Crippen molar-refractivity contribution in [2.75, 3.05) is 16.8 Å². The van der Waals surface area contributed by atoms with E-state index in [1.807, 2.05) is 19.1 Å². The standard InChI is InChI=1S/C27H32BrN5O3/c1-2-9-30-23-13-20(22(28)12-21(23)26(29)35)27(36)32-17-10-18-6-7-19(11-17)33(18)24-8-5-16(14-31-24)25(34)15-3-4-15/h5,8,12-15,17-19,30H,2-4,6-7,9-11H2,1H3,(H2,29,35)(H,32,36). The van der Waals surface area contributed by atoms with Crippen molar-refractivity contribution < 1.29 is 14.4 Å². The second kappa shape index (κ2) is 10.2. The van der Waals surface area contributed by atoms with E-state index in [1.54, 1.807) is 18.3 Å². The number of Topliss-reactive ketones (excluding diaryl/α,β-unsaturated/α-hetero) is 1. The highest BCUT2D eigenvalue weighted by atomic mass is 79.9. The summed E-state index contributed by atoms with van der Waals surface area (Å²) in [5, 5.41) is 6.42. The average molecular weight is 554 g/mol. The van der Waals surface area contributed by atoms with Crippen molar-refractivity contribution in [2.45, 2.75) is 70.0 Å². The third-order valence-corrected chi connectivity index (χ3v) is 8.15. The maximum Gasteiger partial charge on any atom is 0.252 e. The molecule has 9 heteroatoms. The fraction of sp³-hybridized carbons (Fsp3) is 0.481. The number of hydrogen-bond acceptors (Lipinski definition) is 6. The molecule has 190 valence electrons. The van der Waals surface area contributed by atoms with Gasteiger partial charge in [0, 0.05) is 52.5 Å². The molecule has 1 aliphatic carbocycles. The van der Waals surface area contributed by atoms with E-state index in [1.165, 1.54) is 0 Å². The number of anilines is 2. The number of benzene rings is 1. The van der Waals surface area contributed by atoms with Gasteiger partial charge in [0.1, 0.15) is 5.82 Å². The quantitative estimate of drug-likeness (QED) is 0.399. The average Bonchev–Trinajstić information content (AvgIpc) is 3.67. The maximum absolute atomic E-state index is 13.2. The zero-order valence-corrected chi connectivity index (χ0v) is 22.0. The molecular weight excluding hydrogens is 522 g/mol. The predicted molar refractivity (Wildman–Crippen MR) is 143 cm³/mol. The molecule has 8 nitrogen and oxygen atoms in total. The third-order valence-electron chi connectivity index (χ3n) is 7.50. The van der Waals surface area contributed by atoms with Gasteiger partial charge in [0.25, 0.3) is 11.8 Å². The van der Waals surface area contributed by atoms with E-state index in [0.29, 0.717) is 45.5 Å². The minimum Gasteiger partial charge on any atom is -0.384 e. The van der Waals surface area contributed by atoms with Crippen molar-refractivity contribution >= 4 is 45.0 Å². The zero-order valence-electron chi connectivity index (χ0n) is 20.4. The molecule has 0 spiro atoms. The summed E-state index contributed by atoms with van der Waals surface area (Å²) in [5.41, 5.74) is 7.65. The van der Waals surface area contributed by atoms with Crippen LogP contribution < -0.4 is 21.3 Å². The molecule has 2 amide bonds. The first-order valence-electron chi connectivity index (χ1n) is 12.8. The minimum atomic E-state index is -0.538. The van der Waals surface area contributed by atoms with Crippen LogP contribution in [0.5, 0.6) is 0 Å². The van der Waals surface area contributed by atoms with Crippen LogP contribution in [-0.2, 0) is 0 Å². The van der Waals surface area contributed by atoms with Crippen LogP contribution >= 0.6 is 15.9 Å².